The van der Waals surface area contributed by atoms with Crippen LogP contribution in [0.5, 0.6) is 0 Å². The number of fused-ring (bicyclic) bond motifs is 1. The topological polar surface area (TPSA) is 55.1 Å². The van der Waals surface area contributed by atoms with E-state index in [0.717, 1.165) is 26.1 Å². The van der Waals surface area contributed by atoms with Crippen molar-refractivity contribution in [1.29, 1.82) is 0 Å². The number of aromatic nitrogens is 1. The summed E-state index contributed by atoms with van der Waals surface area (Å²) in [4.78, 5) is 16.9. The molecular formula is C17H18N2O2S2. The third-order valence-corrected chi connectivity index (χ3v) is 5.70. The average Bonchev–Trinajstić information content (AvgIpc) is 3.12. The highest BCUT2D eigenvalue weighted by atomic mass is 32.2. The van der Waals surface area contributed by atoms with Crippen molar-refractivity contribution in [2.75, 3.05) is 0 Å². The molecular weight excluding hydrogens is 328 g/mol. The summed E-state index contributed by atoms with van der Waals surface area (Å²) >= 11 is 3.10. The number of carbonyl (C=O) groups is 1. The molecule has 2 aromatic heterocycles. The Balaban J connectivity index is 1.63. The van der Waals surface area contributed by atoms with Gasteiger partial charge in [-0.3, -0.25) is 4.79 Å². The normalized spacial score (nSPS) is 13.9. The predicted molar refractivity (Wildman–Crippen MR) is 94.9 cm³/mol. The number of nitrogens with zero attached hydrogens (tertiary/aromatic N) is 1. The molecule has 0 spiro atoms. The Kier molecular flexibility index (Phi) is 4.73. The van der Waals surface area contributed by atoms with E-state index in [1.54, 1.807) is 11.3 Å². The van der Waals surface area contributed by atoms with Crippen LogP contribution >= 0.6 is 23.1 Å². The minimum Gasteiger partial charge on any atom is -0.464 e. The zero-order chi connectivity index (χ0) is 16.4. The van der Waals surface area contributed by atoms with Crippen molar-refractivity contribution in [3.8, 4) is 0 Å². The van der Waals surface area contributed by atoms with Gasteiger partial charge in [-0.2, -0.15) is 0 Å². The van der Waals surface area contributed by atoms with Crippen LogP contribution in [-0.4, -0.2) is 16.1 Å². The number of furan rings is 1. The number of hydrogen-bond donors (Lipinski definition) is 1. The minimum atomic E-state index is -0.214. The SMILES string of the molecule is Cc1ccc([C@H](C)NC(=O)[C@@H](C)Sc2nc3ccccc3s2)o1. The third-order valence-electron chi connectivity index (χ3n) is 3.47. The first-order valence-electron chi connectivity index (χ1n) is 7.42. The molecule has 0 aliphatic rings. The van der Waals surface area contributed by atoms with E-state index in [0.29, 0.717) is 0 Å². The van der Waals surface area contributed by atoms with Gasteiger partial charge in [-0.25, -0.2) is 4.98 Å². The van der Waals surface area contributed by atoms with Gasteiger partial charge in [0.05, 0.1) is 21.5 Å². The maximum Gasteiger partial charge on any atom is 0.233 e. The molecule has 6 heteroatoms. The first kappa shape index (κ1) is 16.1. The van der Waals surface area contributed by atoms with Crippen molar-refractivity contribution in [3.05, 3.63) is 47.9 Å². The van der Waals surface area contributed by atoms with E-state index in [9.17, 15) is 4.79 Å². The van der Waals surface area contributed by atoms with Gasteiger partial charge in [0.2, 0.25) is 5.91 Å². The largest absolute Gasteiger partial charge is 0.464 e. The molecule has 23 heavy (non-hydrogen) atoms. The molecule has 0 unspecified atom stereocenters. The predicted octanol–water partition coefficient (Wildman–Crippen LogP) is 4.56. The quantitative estimate of drug-likeness (QED) is 0.688. The molecule has 0 aliphatic heterocycles. The highest BCUT2D eigenvalue weighted by molar-refractivity contribution is 8.02. The van der Waals surface area contributed by atoms with Gasteiger partial charge in [0.1, 0.15) is 11.5 Å². The zero-order valence-corrected chi connectivity index (χ0v) is 14.8. The number of benzene rings is 1. The van der Waals surface area contributed by atoms with E-state index in [4.69, 9.17) is 4.42 Å². The smallest absolute Gasteiger partial charge is 0.233 e. The van der Waals surface area contributed by atoms with Crippen LogP contribution in [0.15, 0.2) is 45.2 Å². The molecule has 4 nitrogen and oxygen atoms in total. The van der Waals surface area contributed by atoms with Crippen molar-refractivity contribution in [2.45, 2.75) is 36.4 Å². The van der Waals surface area contributed by atoms with Gasteiger partial charge < -0.3 is 9.73 Å². The zero-order valence-electron chi connectivity index (χ0n) is 13.2. The number of rotatable bonds is 5. The lowest BCUT2D eigenvalue weighted by Crippen LogP contribution is -2.32. The van der Waals surface area contributed by atoms with Gasteiger partial charge in [-0.15, -0.1) is 11.3 Å². The lowest BCUT2D eigenvalue weighted by molar-refractivity contribution is -0.121. The molecule has 0 aliphatic carbocycles. The van der Waals surface area contributed by atoms with Crippen LogP contribution in [0.3, 0.4) is 0 Å². The Morgan fingerprint density at radius 1 is 1.26 bits per heavy atom. The molecule has 2 heterocycles. The molecule has 0 bridgehead atoms. The second-order valence-corrected chi connectivity index (χ2v) is 8.00. The first-order chi connectivity index (χ1) is 11.0. The summed E-state index contributed by atoms with van der Waals surface area (Å²) in [6.45, 7) is 5.71. The van der Waals surface area contributed by atoms with Crippen LogP contribution in [0.1, 0.15) is 31.4 Å². The molecule has 0 saturated carbocycles. The molecule has 1 aromatic carbocycles. The van der Waals surface area contributed by atoms with E-state index < -0.39 is 0 Å². The van der Waals surface area contributed by atoms with E-state index in [1.165, 1.54) is 11.8 Å². The van der Waals surface area contributed by atoms with Gasteiger partial charge >= 0.3 is 0 Å². The van der Waals surface area contributed by atoms with Crippen molar-refractivity contribution in [2.24, 2.45) is 0 Å². The molecule has 0 fully saturated rings. The summed E-state index contributed by atoms with van der Waals surface area (Å²) in [6.07, 6.45) is 0. The van der Waals surface area contributed by atoms with E-state index in [-0.39, 0.29) is 17.2 Å². The van der Waals surface area contributed by atoms with Crippen LogP contribution < -0.4 is 5.32 Å². The van der Waals surface area contributed by atoms with E-state index in [2.05, 4.69) is 10.3 Å². The average molecular weight is 346 g/mol. The number of carbonyl (C=O) groups excluding carboxylic acids is 1. The summed E-state index contributed by atoms with van der Waals surface area (Å²) in [6, 6.07) is 11.7. The number of nitrogens with one attached hydrogen (secondary N) is 1. The number of hydrogen-bond acceptors (Lipinski definition) is 5. The monoisotopic (exact) mass is 346 g/mol. The van der Waals surface area contributed by atoms with E-state index >= 15 is 0 Å². The van der Waals surface area contributed by atoms with Crippen LogP contribution in [0.25, 0.3) is 10.2 Å². The number of thiazole rings is 1. The lowest BCUT2D eigenvalue weighted by atomic mass is 10.2. The van der Waals surface area contributed by atoms with Gasteiger partial charge in [0.25, 0.3) is 0 Å². The number of aryl methyl sites for hydroxylation is 1. The van der Waals surface area contributed by atoms with Crippen LogP contribution in [0, 0.1) is 6.92 Å². The van der Waals surface area contributed by atoms with Crippen LogP contribution in [-0.2, 0) is 4.79 Å². The molecule has 1 N–H and O–H groups in total. The van der Waals surface area contributed by atoms with Crippen molar-refractivity contribution in [1.82, 2.24) is 10.3 Å². The van der Waals surface area contributed by atoms with E-state index in [1.807, 2.05) is 57.2 Å². The highest BCUT2D eigenvalue weighted by Gasteiger charge is 2.20. The van der Waals surface area contributed by atoms with Gasteiger partial charge in [0.15, 0.2) is 4.34 Å². The third kappa shape index (κ3) is 3.76. The van der Waals surface area contributed by atoms with Crippen LogP contribution in [0.4, 0.5) is 0 Å². The Labute approximate surface area is 143 Å². The van der Waals surface area contributed by atoms with Gasteiger partial charge in [-0.05, 0) is 45.0 Å². The Hall–Kier alpha value is -1.79. The minimum absolute atomic E-state index is 0.0178. The summed E-state index contributed by atoms with van der Waals surface area (Å²) < 4.78 is 7.61. The molecule has 0 radical (unpaired) electrons. The molecule has 3 rings (SSSR count). The summed E-state index contributed by atoms with van der Waals surface area (Å²) in [7, 11) is 0. The first-order valence-corrected chi connectivity index (χ1v) is 9.11. The summed E-state index contributed by atoms with van der Waals surface area (Å²) in [5.41, 5.74) is 0.979. The van der Waals surface area contributed by atoms with Gasteiger partial charge in [0, 0.05) is 0 Å². The maximum atomic E-state index is 12.4. The van der Waals surface area contributed by atoms with Crippen molar-refractivity contribution < 1.29 is 9.21 Å². The molecule has 0 saturated heterocycles. The highest BCUT2D eigenvalue weighted by Crippen LogP contribution is 2.32. The fourth-order valence-electron chi connectivity index (χ4n) is 2.19. The second kappa shape index (κ2) is 6.76. The molecule has 2 atom stereocenters. The Morgan fingerprint density at radius 2 is 2.04 bits per heavy atom. The molecule has 1 amide bonds. The number of para-hydroxylation sites is 1. The lowest BCUT2D eigenvalue weighted by Gasteiger charge is -2.15. The summed E-state index contributed by atoms with van der Waals surface area (Å²) in [5.74, 6) is 1.60. The Morgan fingerprint density at radius 3 is 2.74 bits per heavy atom. The number of thioether (sulfide) groups is 1. The second-order valence-electron chi connectivity index (χ2n) is 5.39. The van der Waals surface area contributed by atoms with Crippen LogP contribution in [0.2, 0.25) is 0 Å². The molecule has 120 valence electrons. The van der Waals surface area contributed by atoms with Crippen molar-refractivity contribution >= 4 is 39.2 Å². The fraction of sp³-hybridized carbons (Fsp3) is 0.294. The number of amides is 1. The maximum absolute atomic E-state index is 12.4. The summed E-state index contributed by atoms with van der Waals surface area (Å²) in [5, 5.41) is 2.77. The Bertz CT molecular complexity index is 792. The standard InChI is InChI=1S/C17H18N2O2S2/c1-10-8-9-14(21-10)11(2)18-16(20)12(3)22-17-19-13-6-4-5-7-15(13)23-17/h4-9,11-12H,1-3H3,(H,18,20)/t11-,12+/m0/s1. The van der Waals surface area contributed by atoms with Gasteiger partial charge in [-0.1, -0.05) is 23.9 Å². The van der Waals surface area contributed by atoms with Crippen molar-refractivity contribution in [3.63, 3.8) is 0 Å². The fourth-order valence-corrected chi connectivity index (χ4v) is 4.41. The molecule has 3 aromatic rings.